The predicted molar refractivity (Wildman–Crippen MR) is 54.8 cm³/mol. The Kier molecular flexibility index (Phi) is 3.89. The fraction of sp³-hybridized carbons (Fsp3) is 0.900. The van der Waals surface area contributed by atoms with Crippen LogP contribution in [0.3, 0.4) is 0 Å². The van der Waals surface area contributed by atoms with Crippen LogP contribution >= 0.6 is 0 Å². The molecule has 4 heteroatoms. The summed E-state index contributed by atoms with van der Waals surface area (Å²) in [5.74, 6) is 0.606. The van der Waals surface area contributed by atoms with Gasteiger partial charge in [0.25, 0.3) is 0 Å². The van der Waals surface area contributed by atoms with Crippen molar-refractivity contribution in [3.8, 4) is 0 Å². The van der Waals surface area contributed by atoms with Crippen LogP contribution in [0.25, 0.3) is 0 Å². The summed E-state index contributed by atoms with van der Waals surface area (Å²) in [4.78, 5) is 13.5. The first kappa shape index (κ1) is 11.5. The van der Waals surface area contributed by atoms with Crippen molar-refractivity contribution in [2.24, 2.45) is 5.92 Å². The van der Waals surface area contributed by atoms with Gasteiger partial charge in [-0.15, -0.1) is 0 Å². The molecule has 82 valence electrons. The van der Waals surface area contributed by atoms with E-state index in [0.717, 1.165) is 0 Å². The van der Waals surface area contributed by atoms with E-state index in [-0.39, 0.29) is 18.1 Å². The van der Waals surface area contributed by atoms with Crippen molar-refractivity contribution in [3.63, 3.8) is 0 Å². The maximum absolute atomic E-state index is 11.6. The average molecular weight is 200 g/mol. The fourth-order valence-corrected chi connectivity index (χ4v) is 1.94. The SMILES string of the molecule is COCC(C)N1C(=O)CNC1C(C)C. The van der Waals surface area contributed by atoms with Crippen LogP contribution in [0.2, 0.25) is 0 Å². The summed E-state index contributed by atoms with van der Waals surface area (Å²) >= 11 is 0. The van der Waals surface area contributed by atoms with Gasteiger partial charge in [-0.3, -0.25) is 10.1 Å². The van der Waals surface area contributed by atoms with Crippen molar-refractivity contribution in [2.45, 2.75) is 33.0 Å². The molecule has 0 aromatic carbocycles. The third-order valence-corrected chi connectivity index (χ3v) is 2.56. The number of nitrogens with zero attached hydrogens (tertiary/aromatic N) is 1. The zero-order valence-corrected chi connectivity index (χ0v) is 9.41. The topological polar surface area (TPSA) is 41.6 Å². The molecule has 1 amide bonds. The third kappa shape index (κ3) is 2.25. The summed E-state index contributed by atoms with van der Waals surface area (Å²) < 4.78 is 5.07. The summed E-state index contributed by atoms with van der Waals surface area (Å²) in [6, 6.07) is 0.148. The van der Waals surface area contributed by atoms with Crippen molar-refractivity contribution in [3.05, 3.63) is 0 Å². The summed E-state index contributed by atoms with van der Waals surface area (Å²) in [6.45, 7) is 7.29. The highest BCUT2D eigenvalue weighted by molar-refractivity contribution is 5.81. The van der Waals surface area contributed by atoms with Gasteiger partial charge in [-0.2, -0.15) is 0 Å². The molecule has 1 heterocycles. The monoisotopic (exact) mass is 200 g/mol. The molecule has 2 unspecified atom stereocenters. The van der Waals surface area contributed by atoms with Crippen LogP contribution in [-0.4, -0.2) is 43.3 Å². The van der Waals surface area contributed by atoms with E-state index in [1.165, 1.54) is 0 Å². The molecule has 1 rings (SSSR count). The molecule has 1 aliphatic rings. The molecule has 0 bridgehead atoms. The highest BCUT2D eigenvalue weighted by Gasteiger charge is 2.35. The number of hydrogen-bond donors (Lipinski definition) is 1. The summed E-state index contributed by atoms with van der Waals surface area (Å²) in [5.41, 5.74) is 0. The Morgan fingerprint density at radius 3 is 2.71 bits per heavy atom. The Balaban J connectivity index is 2.66. The maximum atomic E-state index is 11.6. The van der Waals surface area contributed by atoms with Crippen LogP contribution in [-0.2, 0) is 9.53 Å². The number of nitrogens with one attached hydrogen (secondary N) is 1. The molecule has 2 atom stereocenters. The number of carbonyl (C=O) groups excluding carboxylic acids is 1. The minimum absolute atomic E-state index is 0.148. The third-order valence-electron chi connectivity index (χ3n) is 2.56. The minimum Gasteiger partial charge on any atom is -0.383 e. The standard InChI is InChI=1S/C10H20N2O2/c1-7(2)10-11-5-9(13)12(10)8(3)6-14-4/h7-8,10-11H,5-6H2,1-4H3. The van der Waals surface area contributed by atoms with Crippen molar-refractivity contribution < 1.29 is 9.53 Å². The second-order valence-electron chi connectivity index (χ2n) is 4.18. The van der Waals surface area contributed by atoms with Gasteiger partial charge in [-0.05, 0) is 12.8 Å². The lowest BCUT2D eigenvalue weighted by Crippen LogP contribution is -2.47. The first-order chi connectivity index (χ1) is 6.57. The van der Waals surface area contributed by atoms with E-state index in [9.17, 15) is 4.79 Å². The molecule has 0 radical (unpaired) electrons. The van der Waals surface area contributed by atoms with Gasteiger partial charge in [-0.25, -0.2) is 0 Å². The molecule has 0 spiro atoms. The Bertz CT molecular complexity index is 206. The van der Waals surface area contributed by atoms with Crippen LogP contribution < -0.4 is 5.32 Å². The summed E-state index contributed by atoms with van der Waals surface area (Å²) in [6.07, 6.45) is 0.160. The zero-order valence-electron chi connectivity index (χ0n) is 9.41. The zero-order chi connectivity index (χ0) is 10.7. The van der Waals surface area contributed by atoms with E-state index in [1.54, 1.807) is 7.11 Å². The number of hydrogen-bond acceptors (Lipinski definition) is 3. The van der Waals surface area contributed by atoms with Crippen LogP contribution in [0.5, 0.6) is 0 Å². The average Bonchev–Trinajstić information content (AvgIpc) is 2.47. The second-order valence-corrected chi connectivity index (χ2v) is 4.18. The van der Waals surface area contributed by atoms with Gasteiger partial charge in [0, 0.05) is 7.11 Å². The van der Waals surface area contributed by atoms with Gasteiger partial charge in [0.15, 0.2) is 0 Å². The Labute approximate surface area is 85.6 Å². The Morgan fingerprint density at radius 2 is 2.21 bits per heavy atom. The largest absolute Gasteiger partial charge is 0.383 e. The fourth-order valence-electron chi connectivity index (χ4n) is 1.94. The molecule has 0 aromatic heterocycles. The van der Waals surface area contributed by atoms with Crippen LogP contribution in [0, 0.1) is 5.92 Å². The lowest BCUT2D eigenvalue weighted by atomic mass is 10.1. The molecule has 1 saturated heterocycles. The van der Waals surface area contributed by atoms with Crippen LogP contribution in [0.15, 0.2) is 0 Å². The van der Waals surface area contributed by atoms with E-state index in [4.69, 9.17) is 4.74 Å². The van der Waals surface area contributed by atoms with Gasteiger partial charge in [0.1, 0.15) is 0 Å². The highest BCUT2D eigenvalue weighted by Crippen LogP contribution is 2.16. The molecule has 0 aromatic rings. The van der Waals surface area contributed by atoms with E-state index in [1.807, 2.05) is 11.8 Å². The first-order valence-corrected chi connectivity index (χ1v) is 5.11. The first-order valence-electron chi connectivity index (χ1n) is 5.11. The predicted octanol–water partition coefficient (Wildman–Crippen LogP) is 0.435. The summed E-state index contributed by atoms with van der Waals surface area (Å²) in [5, 5.41) is 3.22. The molecule has 4 nitrogen and oxygen atoms in total. The number of ether oxygens (including phenoxy) is 1. The number of methoxy groups -OCH3 is 1. The van der Waals surface area contributed by atoms with E-state index < -0.39 is 0 Å². The highest BCUT2D eigenvalue weighted by atomic mass is 16.5. The smallest absolute Gasteiger partial charge is 0.238 e. The molecular weight excluding hydrogens is 180 g/mol. The lowest BCUT2D eigenvalue weighted by molar-refractivity contribution is -0.131. The lowest BCUT2D eigenvalue weighted by Gasteiger charge is -2.32. The molecule has 1 aliphatic heterocycles. The van der Waals surface area contributed by atoms with Gasteiger partial charge in [-0.1, -0.05) is 13.8 Å². The van der Waals surface area contributed by atoms with E-state index in [0.29, 0.717) is 19.1 Å². The van der Waals surface area contributed by atoms with E-state index >= 15 is 0 Å². The van der Waals surface area contributed by atoms with Crippen LogP contribution in [0.1, 0.15) is 20.8 Å². The van der Waals surface area contributed by atoms with Gasteiger partial charge in [0.2, 0.25) is 5.91 Å². The Hall–Kier alpha value is -0.610. The number of amides is 1. The van der Waals surface area contributed by atoms with Gasteiger partial charge in [0.05, 0.1) is 25.4 Å². The molecule has 0 saturated carbocycles. The van der Waals surface area contributed by atoms with Crippen molar-refractivity contribution in [2.75, 3.05) is 20.3 Å². The van der Waals surface area contributed by atoms with Crippen molar-refractivity contribution in [1.29, 1.82) is 0 Å². The normalized spacial score (nSPS) is 24.8. The van der Waals surface area contributed by atoms with Crippen molar-refractivity contribution in [1.82, 2.24) is 10.2 Å². The minimum atomic E-state index is 0.148. The van der Waals surface area contributed by atoms with E-state index in [2.05, 4.69) is 19.2 Å². The molecular formula is C10H20N2O2. The maximum Gasteiger partial charge on any atom is 0.238 e. The van der Waals surface area contributed by atoms with Gasteiger partial charge < -0.3 is 9.64 Å². The second kappa shape index (κ2) is 4.75. The molecule has 1 fully saturated rings. The quantitative estimate of drug-likeness (QED) is 0.716. The summed E-state index contributed by atoms with van der Waals surface area (Å²) in [7, 11) is 1.66. The van der Waals surface area contributed by atoms with Crippen LogP contribution in [0.4, 0.5) is 0 Å². The molecule has 14 heavy (non-hydrogen) atoms. The Morgan fingerprint density at radius 1 is 1.57 bits per heavy atom. The van der Waals surface area contributed by atoms with Gasteiger partial charge >= 0.3 is 0 Å². The van der Waals surface area contributed by atoms with Crippen molar-refractivity contribution >= 4 is 5.91 Å². The number of rotatable bonds is 4. The number of carbonyl (C=O) groups is 1. The molecule has 1 N–H and O–H groups in total. The molecule has 0 aliphatic carbocycles.